The molecule has 0 radical (unpaired) electrons. The molecule has 4 aromatic rings. The zero-order valence-corrected chi connectivity index (χ0v) is 18.9. The van der Waals surface area contributed by atoms with Gasteiger partial charge in [0.05, 0.1) is 0 Å². The van der Waals surface area contributed by atoms with Crippen LogP contribution in [0.2, 0.25) is 0 Å². The van der Waals surface area contributed by atoms with Gasteiger partial charge in [0, 0.05) is 50.2 Å². The Labute approximate surface area is 195 Å². The third kappa shape index (κ3) is 3.55. The number of urea groups is 1. The van der Waals surface area contributed by atoms with Crippen molar-refractivity contribution in [3.8, 4) is 22.6 Å². The van der Waals surface area contributed by atoms with Crippen LogP contribution in [0.5, 0.6) is 11.5 Å². The first-order valence-electron chi connectivity index (χ1n) is 10.6. The van der Waals surface area contributed by atoms with Crippen molar-refractivity contribution in [3.05, 3.63) is 77.8 Å². The van der Waals surface area contributed by atoms with E-state index in [1.807, 2.05) is 48.1 Å². The summed E-state index contributed by atoms with van der Waals surface area (Å²) in [5.41, 5.74) is 4.23. The minimum Gasteiger partial charge on any atom is -0.507 e. The lowest BCUT2D eigenvalue weighted by Gasteiger charge is -2.12. The summed E-state index contributed by atoms with van der Waals surface area (Å²) in [7, 11) is 5.25. The van der Waals surface area contributed by atoms with E-state index in [-0.39, 0.29) is 28.9 Å². The molecule has 2 aromatic heterocycles. The molecule has 1 aliphatic rings. The number of Topliss-reactive ketones (excluding diaryl/α,β-unsaturated/α-hetero) is 1. The number of ether oxygens (including phenoxy) is 1. The van der Waals surface area contributed by atoms with Gasteiger partial charge in [0.1, 0.15) is 22.7 Å². The van der Waals surface area contributed by atoms with Crippen molar-refractivity contribution in [2.45, 2.75) is 0 Å². The Balaban J connectivity index is 1.56. The SMILES string of the molecule is CN(C)C(=O)Nc1ccc(-c2ccnc3c2c(/C=C2\Oc4cccc(O)c4C2=O)cn3C)cc1. The number of anilines is 1. The number of nitrogens with zero attached hydrogens (tertiary/aromatic N) is 3. The highest BCUT2D eigenvalue weighted by atomic mass is 16.5. The fourth-order valence-electron chi connectivity index (χ4n) is 4.01. The molecule has 0 saturated heterocycles. The van der Waals surface area contributed by atoms with Gasteiger partial charge in [-0.1, -0.05) is 18.2 Å². The topological polar surface area (TPSA) is 96.7 Å². The number of hydrogen-bond donors (Lipinski definition) is 2. The molecule has 8 nitrogen and oxygen atoms in total. The van der Waals surface area contributed by atoms with Crippen molar-refractivity contribution in [1.29, 1.82) is 0 Å². The quantitative estimate of drug-likeness (QED) is 0.439. The number of benzene rings is 2. The maximum atomic E-state index is 12.9. The Morgan fingerprint density at radius 1 is 1.15 bits per heavy atom. The molecule has 1 aliphatic heterocycles. The average Bonchev–Trinajstić information content (AvgIpc) is 3.31. The highest BCUT2D eigenvalue weighted by Crippen LogP contribution is 2.39. The summed E-state index contributed by atoms with van der Waals surface area (Å²) >= 11 is 0. The van der Waals surface area contributed by atoms with Crippen LogP contribution in [0, 0.1) is 0 Å². The molecule has 2 N–H and O–H groups in total. The molecule has 0 spiro atoms. The molecule has 0 aliphatic carbocycles. The minimum absolute atomic E-state index is 0.104. The molecule has 0 unspecified atom stereocenters. The van der Waals surface area contributed by atoms with Crippen LogP contribution in [0.25, 0.3) is 28.2 Å². The van der Waals surface area contributed by atoms with Gasteiger partial charge in [-0.15, -0.1) is 0 Å². The van der Waals surface area contributed by atoms with Crippen molar-refractivity contribution in [2.75, 3.05) is 19.4 Å². The van der Waals surface area contributed by atoms with Crippen LogP contribution in [0.1, 0.15) is 15.9 Å². The molecule has 0 bridgehead atoms. The lowest BCUT2D eigenvalue weighted by Crippen LogP contribution is -2.27. The van der Waals surface area contributed by atoms with E-state index in [0.717, 1.165) is 27.7 Å². The number of carbonyl (C=O) groups excluding carboxylic acids is 2. The van der Waals surface area contributed by atoms with Crippen molar-refractivity contribution in [1.82, 2.24) is 14.5 Å². The molecule has 8 heteroatoms. The largest absolute Gasteiger partial charge is 0.507 e. The Hall–Kier alpha value is -4.59. The van der Waals surface area contributed by atoms with Crippen LogP contribution in [0.3, 0.4) is 0 Å². The van der Waals surface area contributed by atoms with E-state index in [9.17, 15) is 14.7 Å². The monoisotopic (exact) mass is 454 g/mol. The molecular weight excluding hydrogens is 432 g/mol. The van der Waals surface area contributed by atoms with Gasteiger partial charge in [0.15, 0.2) is 5.76 Å². The maximum absolute atomic E-state index is 12.9. The molecule has 0 saturated carbocycles. The van der Waals surface area contributed by atoms with Gasteiger partial charge in [-0.25, -0.2) is 9.78 Å². The van der Waals surface area contributed by atoms with E-state index >= 15 is 0 Å². The number of nitrogens with one attached hydrogen (secondary N) is 1. The van der Waals surface area contributed by atoms with Gasteiger partial charge in [0.25, 0.3) is 0 Å². The zero-order valence-electron chi connectivity index (χ0n) is 18.9. The summed E-state index contributed by atoms with van der Waals surface area (Å²) < 4.78 is 7.65. The summed E-state index contributed by atoms with van der Waals surface area (Å²) in [5, 5.41) is 13.8. The van der Waals surface area contributed by atoms with E-state index in [2.05, 4.69) is 10.3 Å². The number of ketones is 1. The van der Waals surface area contributed by atoms with E-state index in [1.165, 1.54) is 11.0 Å². The van der Waals surface area contributed by atoms with Crippen molar-refractivity contribution in [2.24, 2.45) is 7.05 Å². The second kappa shape index (κ2) is 8.08. The van der Waals surface area contributed by atoms with Gasteiger partial charge in [-0.05, 0) is 47.5 Å². The second-order valence-electron chi connectivity index (χ2n) is 8.24. The van der Waals surface area contributed by atoms with Crippen LogP contribution in [-0.4, -0.2) is 45.5 Å². The Bertz CT molecular complexity index is 1480. The zero-order chi connectivity index (χ0) is 24.0. The summed E-state index contributed by atoms with van der Waals surface area (Å²) in [4.78, 5) is 30.8. The third-order valence-electron chi connectivity index (χ3n) is 5.70. The number of carbonyl (C=O) groups is 2. The van der Waals surface area contributed by atoms with Crippen molar-refractivity contribution >= 4 is 34.6 Å². The molecule has 5 rings (SSSR count). The number of phenolic OH excluding ortho intramolecular Hbond substituents is 1. The first-order chi connectivity index (χ1) is 16.3. The van der Waals surface area contributed by atoms with Gasteiger partial charge >= 0.3 is 6.03 Å². The number of amides is 2. The Morgan fingerprint density at radius 3 is 2.62 bits per heavy atom. The molecular formula is C26H22N4O4. The second-order valence-corrected chi connectivity index (χ2v) is 8.24. The summed E-state index contributed by atoms with van der Waals surface area (Å²) in [5.74, 6) is 0.00916. The van der Waals surface area contributed by atoms with Crippen LogP contribution in [0.15, 0.2) is 66.7 Å². The lowest BCUT2D eigenvalue weighted by molar-refractivity contribution is 0.101. The van der Waals surface area contributed by atoms with Crippen molar-refractivity contribution < 1.29 is 19.4 Å². The number of rotatable bonds is 3. The van der Waals surface area contributed by atoms with Gasteiger partial charge < -0.3 is 24.6 Å². The number of aromatic nitrogens is 2. The fraction of sp³-hybridized carbons (Fsp3) is 0.115. The number of pyridine rings is 1. The van der Waals surface area contributed by atoms with E-state index < -0.39 is 0 Å². The fourth-order valence-corrected chi connectivity index (χ4v) is 4.01. The van der Waals surface area contributed by atoms with E-state index in [4.69, 9.17) is 4.74 Å². The van der Waals surface area contributed by atoms with Crippen LogP contribution in [-0.2, 0) is 7.05 Å². The van der Waals surface area contributed by atoms with E-state index in [0.29, 0.717) is 11.4 Å². The smallest absolute Gasteiger partial charge is 0.321 e. The highest BCUT2D eigenvalue weighted by Gasteiger charge is 2.30. The highest BCUT2D eigenvalue weighted by molar-refractivity contribution is 6.17. The average molecular weight is 454 g/mol. The summed E-state index contributed by atoms with van der Waals surface area (Å²) in [6, 6.07) is 14.0. The molecule has 170 valence electrons. The normalized spacial score (nSPS) is 13.7. The van der Waals surface area contributed by atoms with Crippen LogP contribution >= 0.6 is 0 Å². The number of aryl methyl sites for hydroxylation is 1. The predicted octanol–water partition coefficient (Wildman–Crippen LogP) is 4.66. The number of allylic oxidation sites excluding steroid dienone is 1. The molecule has 0 fully saturated rings. The molecule has 2 aromatic carbocycles. The standard InChI is InChI=1S/C26H22N4O4/c1-29(2)26(33)28-17-9-7-15(8-10-17)18-11-12-27-25-22(18)16(14-30(25)3)13-21-24(32)23-19(31)5-4-6-20(23)34-21/h4-14,31H,1-3H3,(H,28,33)/b21-13-. The summed E-state index contributed by atoms with van der Waals surface area (Å²) in [6.07, 6.45) is 5.31. The lowest BCUT2D eigenvalue weighted by atomic mass is 10.00. The maximum Gasteiger partial charge on any atom is 0.321 e. The first kappa shape index (κ1) is 21.3. The number of fused-ring (bicyclic) bond motifs is 2. The number of phenols is 1. The Morgan fingerprint density at radius 2 is 1.91 bits per heavy atom. The van der Waals surface area contributed by atoms with E-state index in [1.54, 1.807) is 38.5 Å². The third-order valence-corrected chi connectivity index (χ3v) is 5.70. The van der Waals surface area contributed by atoms with Gasteiger partial charge in [-0.3, -0.25) is 4.79 Å². The summed E-state index contributed by atoms with van der Waals surface area (Å²) in [6.45, 7) is 0. The number of hydrogen-bond acceptors (Lipinski definition) is 5. The number of aromatic hydroxyl groups is 1. The van der Waals surface area contributed by atoms with Crippen LogP contribution in [0.4, 0.5) is 10.5 Å². The van der Waals surface area contributed by atoms with Gasteiger partial charge in [-0.2, -0.15) is 0 Å². The Kier molecular flexibility index (Phi) is 5.05. The van der Waals surface area contributed by atoms with Crippen LogP contribution < -0.4 is 10.1 Å². The molecule has 34 heavy (non-hydrogen) atoms. The van der Waals surface area contributed by atoms with Gasteiger partial charge in [0.2, 0.25) is 5.78 Å². The molecule has 3 heterocycles. The first-order valence-corrected chi connectivity index (χ1v) is 10.6. The molecule has 0 atom stereocenters. The molecule has 2 amide bonds. The predicted molar refractivity (Wildman–Crippen MR) is 130 cm³/mol. The minimum atomic E-state index is -0.364. The van der Waals surface area contributed by atoms with Crippen molar-refractivity contribution in [3.63, 3.8) is 0 Å².